The van der Waals surface area contributed by atoms with Crippen LogP contribution >= 0.6 is 11.8 Å². The van der Waals surface area contributed by atoms with Gasteiger partial charge in [0.25, 0.3) is 5.22 Å². The molecule has 130 valence electrons. The second kappa shape index (κ2) is 7.53. The zero-order valence-corrected chi connectivity index (χ0v) is 14.4. The van der Waals surface area contributed by atoms with Crippen molar-refractivity contribution in [3.8, 4) is 11.3 Å². The minimum Gasteiger partial charge on any atom is -0.440 e. The number of benzene rings is 2. The van der Waals surface area contributed by atoms with Gasteiger partial charge in [-0.15, -0.1) is 10.2 Å². The van der Waals surface area contributed by atoms with Gasteiger partial charge in [0.05, 0.1) is 18.4 Å². The molecule has 4 aromatic rings. The molecule has 0 aliphatic heterocycles. The van der Waals surface area contributed by atoms with E-state index in [1.807, 2.05) is 30.3 Å². The van der Waals surface area contributed by atoms with E-state index in [1.165, 1.54) is 23.9 Å². The molecule has 0 N–H and O–H groups in total. The van der Waals surface area contributed by atoms with Gasteiger partial charge in [0.2, 0.25) is 11.8 Å². The van der Waals surface area contributed by atoms with E-state index < -0.39 is 0 Å². The molecule has 0 unspecified atom stereocenters. The molecule has 0 spiro atoms. The first-order valence-corrected chi connectivity index (χ1v) is 8.94. The topological polar surface area (TPSA) is 65.0 Å². The third kappa shape index (κ3) is 4.00. The van der Waals surface area contributed by atoms with E-state index in [-0.39, 0.29) is 5.82 Å². The normalized spacial score (nSPS) is 11.0. The number of thioether (sulfide) groups is 1. The lowest BCUT2D eigenvalue weighted by atomic mass is 10.2. The maximum Gasteiger partial charge on any atom is 0.277 e. The average molecular weight is 367 g/mol. The Morgan fingerprint density at radius 2 is 1.69 bits per heavy atom. The second-order valence-corrected chi connectivity index (χ2v) is 6.46. The summed E-state index contributed by atoms with van der Waals surface area (Å²) in [5, 5.41) is 8.57. The number of halogens is 1. The van der Waals surface area contributed by atoms with Gasteiger partial charge in [-0.25, -0.2) is 9.37 Å². The van der Waals surface area contributed by atoms with E-state index >= 15 is 0 Å². The molecule has 2 heterocycles. The summed E-state index contributed by atoms with van der Waals surface area (Å²) in [6.07, 6.45) is 2.22. The summed E-state index contributed by atoms with van der Waals surface area (Å²) in [7, 11) is 0. The third-order valence-corrected chi connectivity index (χ3v) is 4.45. The number of aromatic nitrogens is 3. The number of oxazole rings is 1. The largest absolute Gasteiger partial charge is 0.440 e. The number of rotatable bonds is 6. The van der Waals surface area contributed by atoms with E-state index in [9.17, 15) is 4.39 Å². The van der Waals surface area contributed by atoms with Gasteiger partial charge in [0.15, 0.2) is 5.76 Å². The van der Waals surface area contributed by atoms with Crippen molar-refractivity contribution in [2.75, 3.05) is 0 Å². The maximum absolute atomic E-state index is 13.0. The summed E-state index contributed by atoms with van der Waals surface area (Å²) in [4.78, 5) is 4.23. The zero-order valence-electron chi connectivity index (χ0n) is 13.6. The number of hydrogen-bond acceptors (Lipinski definition) is 6. The van der Waals surface area contributed by atoms with Gasteiger partial charge in [0, 0.05) is 5.56 Å². The van der Waals surface area contributed by atoms with E-state index in [0.29, 0.717) is 34.9 Å². The van der Waals surface area contributed by atoms with Crippen LogP contribution in [0.5, 0.6) is 0 Å². The van der Waals surface area contributed by atoms with Gasteiger partial charge in [-0.2, -0.15) is 0 Å². The first-order chi connectivity index (χ1) is 12.8. The van der Waals surface area contributed by atoms with Crippen LogP contribution in [0.15, 0.2) is 74.9 Å². The highest BCUT2D eigenvalue weighted by Gasteiger charge is 2.11. The van der Waals surface area contributed by atoms with Crippen LogP contribution in [-0.2, 0) is 12.2 Å². The minimum absolute atomic E-state index is 0.285. The van der Waals surface area contributed by atoms with Crippen LogP contribution in [0.1, 0.15) is 17.3 Å². The van der Waals surface area contributed by atoms with Gasteiger partial charge in [-0.1, -0.05) is 42.1 Å². The van der Waals surface area contributed by atoms with Crippen molar-refractivity contribution in [2.45, 2.75) is 17.4 Å². The fraction of sp³-hybridized carbons (Fsp3) is 0.105. The summed E-state index contributed by atoms with van der Waals surface area (Å²) < 4.78 is 24.3. The second-order valence-electron chi connectivity index (χ2n) is 5.54. The van der Waals surface area contributed by atoms with Crippen molar-refractivity contribution in [1.29, 1.82) is 0 Å². The van der Waals surface area contributed by atoms with Crippen molar-refractivity contribution in [3.05, 3.63) is 84.0 Å². The monoisotopic (exact) mass is 367 g/mol. The molecule has 0 bridgehead atoms. The van der Waals surface area contributed by atoms with Crippen molar-refractivity contribution < 1.29 is 13.2 Å². The fourth-order valence-electron chi connectivity index (χ4n) is 2.39. The van der Waals surface area contributed by atoms with Crippen LogP contribution < -0.4 is 0 Å². The van der Waals surface area contributed by atoms with E-state index in [4.69, 9.17) is 8.83 Å². The molecule has 0 saturated carbocycles. The average Bonchev–Trinajstić information content (AvgIpc) is 3.31. The molecule has 4 rings (SSSR count). The highest BCUT2D eigenvalue weighted by Crippen LogP contribution is 2.25. The molecule has 0 atom stereocenters. The summed E-state index contributed by atoms with van der Waals surface area (Å²) in [6.45, 7) is 0. The predicted octanol–water partition coefficient (Wildman–Crippen LogP) is 4.75. The highest BCUT2D eigenvalue weighted by molar-refractivity contribution is 7.98. The SMILES string of the molecule is Fc1ccc(-c2cnc(CSc3nnc(Cc4ccccc4)o3)o2)cc1. The van der Waals surface area contributed by atoms with Crippen LogP contribution in [0.4, 0.5) is 4.39 Å². The first kappa shape index (κ1) is 16.5. The Balaban J connectivity index is 1.37. The Hall–Kier alpha value is -2.93. The fourth-order valence-corrected chi connectivity index (χ4v) is 3.02. The third-order valence-electron chi connectivity index (χ3n) is 3.65. The van der Waals surface area contributed by atoms with E-state index in [1.54, 1.807) is 18.3 Å². The zero-order chi connectivity index (χ0) is 17.8. The molecule has 26 heavy (non-hydrogen) atoms. The summed E-state index contributed by atoms with van der Waals surface area (Å²) in [6, 6.07) is 16.0. The molecule has 7 heteroatoms. The highest BCUT2D eigenvalue weighted by atomic mass is 32.2. The van der Waals surface area contributed by atoms with Crippen molar-refractivity contribution in [3.63, 3.8) is 0 Å². The molecule has 2 aromatic carbocycles. The van der Waals surface area contributed by atoms with Crippen LogP contribution in [0.2, 0.25) is 0 Å². The van der Waals surface area contributed by atoms with Gasteiger partial charge in [-0.3, -0.25) is 0 Å². The smallest absolute Gasteiger partial charge is 0.277 e. The standard InChI is InChI=1S/C19H14FN3O2S/c20-15-8-6-14(7-9-15)16-11-21-18(24-16)12-26-19-23-22-17(25-19)10-13-4-2-1-3-5-13/h1-9,11H,10,12H2. The Kier molecular flexibility index (Phi) is 4.79. The molecular weight excluding hydrogens is 353 g/mol. The minimum atomic E-state index is -0.285. The molecule has 5 nitrogen and oxygen atoms in total. The molecule has 0 aliphatic rings. The number of nitrogens with zero attached hydrogens (tertiary/aromatic N) is 3. The van der Waals surface area contributed by atoms with Crippen molar-refractivity contribution in [1.82, 2.24) is 15.2 Å². The molecular formula is C19H14FN3O2S. The lowest BCUT2D eigenvalue weighted by Gasteiger charge is -1.96. The maximum atomic E-state index is 13.0. The van der Waals surface area contributed by atoms with Crippen LogP contribution in [0, 0.1) is 5.82 Å². The van der Waals surface area contributed by atoms with E-state index in [0.717, 1.165) is 11.1 Å². The predicted molar refractivity (Wildman–Crippen MR) is 95.0 cm³/mol. The molecule has 0 amide bonds. The van der Waals surface area contributed by atoms with Gasteiger partial charge in [-0.05, 0) is 29.8 Å². The Labute approximate surface area is 153 Å². The van der Waals surface area contributed by atoms with Crippen LogP contribution in [0.3, 0.4) is 0 Å². The molecule has 0 fully saturated rings. The van der Waals surface area contributed by atoms with Gasteiger partial charge in [0.1, 0.15) is 5.82 Å². The molecule has 0 saturated heterocycles. The molecule has 0 radical (unpaired) electrons. The Morgan fingerprint density at radius 3 is 2.50 bits per heavy atom. The molecule has 2 aromatic heterocycles. The van der Waals surface area contributed by atoms with Gasteiger partial charge < -0.3 is 8.83 Å². The Bertz CT molecular complexity index is 983. The number of hydrogen-bond donors (Lipinski definition) is 0. The summed E-state index contributed by atoms with van der Waals surface area (Å²) in [5.41, 5.74) is 1.89. The first-order valence-electron chi connectivity index (χ1n) is 7.96. The van der Waals surface area contributed by atoms with Crippen molar-refractivity contribution in [2.24, 2.45) is 0 Å². The van der Waals surface area contributed by atoms with Gasteiger partial charge >= 0.3 is 0 Å². The quantitative estimate of drug-likeness (QED) is 0.458. The summed E-state index contributed by atoms with van der Waals surface area (Å²) in [5.74, 6) is 1.88. The lowest BCUT2D eigenvalue weighted by Crippen LogP contribution is -1.87. The lowest BCUT2D eigenvalue weighted by molar-refractivity contribution is 0.419. The van der Waals surface area contributed by atoms with Crippen LogP contribution in [0.25, 0.3) is 11.3 Å². The van der Waals surface area contributed by atoms with Crippen LogP contribution in [-0.4, -0.2) is 15.2 Å². The Morgan fingerprint density at radius 1 is 0.885 bits per heavy atom. The summed E-state index contributed by atoms with van der Waals surface area (Å²) >= 11 is 1.36. The molecule has 0 aliphatic carbocycles. The van der Waals surface area contributed by atoms with E-state index in [2.05, 4.69) is 15.2 Å². The van der Waals surface area contributed by atoms with Crippen molar-refractivity contribution >= 4 is 11.8 Å².